The molecule has 1 aliphatic heterocycles. The number of benzene rings is 1. The summed E-state index contributed by atoms with van der Waals surface area (Å²) in [6.07, 6.45) is 5.04. The molecule has 1 heterocycles. The highest BCUT2D eigenvalue weighted by Gasteiger charge is 2.34. The van der Waals surface area contributed by atoms with Gasteiger partial charge in [0.15, 0.2) is 0 Å². The van der Waals surface area contributed by atoms with Crippen LogP contribution >= 0.6 is 0 Å². The van der Waals surface area contributed by atoms with Crippen LogP contribution in [0.25, 0.3) is 5.57 Å². The standard InChI is InChI=1S/C16H22O2S/c1-14(15-8-4-3-5-9-15)12-18-13-16(2)10-6-7-11-19(16)17/h3-5,8-9,12H,6-7,10-11,13H2,1-2H3/b14-12-. The van der Waals surface area contributed by atoms with E-state index in [1.807, 2.05) is 25.1 Å². The van der Waals surface area contributed by atoms with Crippen LogP contribution < -0.4 is 0 Å². The highest BCUT2D eigenvalue weighted by Crippen LogP contribution is 2.28. The lowest BCUT2D eigenvalue weighted by Gasteiger charge is -2.31. The minimum atomic E-state index is -0.757. The van der Waals surface area contributed by atoms with Gasteiger partial charge in [0.1, 0.15) is 6.61 Å². The second-order valence-corrected chi connectivity index (χ2v) is 7.52. The molecule has 0 amide bonds. The molecule has 1 aromatic carbocycles. The maximum atomic E-state index is 12.1. The van der Waals surface area contributed by atoms with Gasteiger partial charge >= 0.3 is 0 Å². The molecule has 0 saturated carbocycles. The largest absolute Gasteiger partial charge is 0.499 e. The molecule has 104 valence electrons. The van der Waals surface area contributed by atoms with Gasteiger partial charge in [-0.25, -0.2) is 0 Å². The summed E-state index contributed by atoms with van der Waals surface area (Å²) in [4.78, 5) is 0. The topological polar surface area (TPSA) is 26.3 Å². The SMILES string of the molecule is C/C(=C/OCC1(C)CCCCS1=O)c1ccccc1. The summed E-state index contributed by atoms with van der Waals surface area (Å²) in [6.45, 7) is 4.66. The molecule has 0 radical (unpaired) electrons. The number of hydrogen-bond donors (Lipinski definition) is 0. The van der Waals surface area contributed by atoms with Crippen LogP contribution in [0.2, 0.25) is 0 Å². The first-order chi connectivity index (χ1) is 9.12. The van der Waals surface area contributed by atoms with Crippen molar-refractivity contribution in [3.8, 4) is 0 Å². The van der Waals surface area contributed by atoms with Crippen LogP contribution in [-0.4, -0.2) is 21.3 Å². The molecular weight excluding hydrogens is 256 g/mol. The Balaban J connectivity index is 1.94. The maximum absolute atomic E-state index is 12.1. The molecule has 0 spiro atoms. The minimum absolute atomic E-state index is 0.175. The molecule has 2 atom stereocenters. The number of allylic oxidation sites excluding steroid dienone is 1. The van der Waals surface area contributed by atoms with Gasteiger partial charge in [0.05, 0.1) is 11.0 Å². The van der Waals surface area contributed by atoms with Gasteiger partial charge in [0.2, 0.25) is 0 Å². The van der Waals surface area contributed by atoms with E-state index < -0.39 is 10.8 Å². The summed E-state index contributed by atoms with van der Waals surface area (Å²) in [5.74, 6) is 0.821. The smallest absolute Gasteiger partial charge is 0.104 e. The van der Waals surface area contributed by atoms with Gasteiger partial charge in [-0.15, -0.1) is 0 Å². The van der Waals surface area contributed by atoms with Crippen molar-refractivity contribution in [2.45, 2.75) is 37.9 Å². The van der Waals surface area contributed by atoms with E-state index in [-0.39, 0.29) is 4.75 Å². The first-order valence-electron chi connectivity index (χ1n) is 6.84. The van der Waals surface area contributed by atoms with Crippen LogP contribution in [-0.2, 0) is 15.5 Å². The van der Waals surface area contributed by atoms with E-state index in [2.05, 4.69) is 19.1 Å². The summed E-state index contributed by atoms with van der Waals surface area (Å²) in [5.41, 5.74) is 2.27. The van der Waals surface area contributed by atoms with Crippen molar-refractivity contribution >= 4 is 16.4 Å². The van der Waals surface area contributed by atoms with Crippen molar-refractivity contribution < 1.29 is 8.95 Å². The monoisotopic (exact) mass is 278 g/mol. The summed E-state index contributed by atoms with van der Waals surface area (Å²) in [5, 5.41) is 0. The Kier molecular flexibility index (Phi) is 4.81. The molecule has 1 aliphatic rings. The number of ether oxygens (including phenoxy) is 1. The zero-order valence-electron chi connectivity index (χ0n) is 11.7. The number of hydrogen-bond acceptors (Lipinski definition) is 2. The zero-order valence-corrected chi connectivity index (χ0v) is 12.5. The third kappa shape index (κ3) is 3.69. The van der Waals surface area contributed by atoms with Crippen molar-refractivity contribution in [3.63, 3.8) is 0 Å². The van der Waals surface area contributed by atoms with Crippen LogP contribution in [0.4, 0.5) is 0 Å². The second kappa shape index (κ2) is 6.38. The van der Waals surface area contributed by atoms with Gasteiger partial charge < -0.3 is 4.74 Å². The van der Waals surface area contributed by atoms with Crippen molar-refractivity contribution in [2.75, 3.05) is 12.4 Å². The lowest BCUT2D eigenvalue weighted by atomic mass is 10.0. The van der Waals surface area contributed by atoms with E-state index in [0.717, 1.165) is 36.2 Å². The average Bonchev–Trinajstić information content (AvgIpc) is 2.43. The van der Waals surface area contributed by atoms with Crippen LogP contribution in [0.1, 0.15) is 38.7 Å². The van der Waals surface area contributed by atoms with Gasteiger partial charge in [0.25, 0.3) is 0 Å². The van der Waals surface area contributed by atoms with Crippen molar-refractivity contribution in [1.29, 1.82) is 0 Å². The molecule has 0 bridgehead atoms. The van der Waals surface area contributed by atoms with Crippen LogP contribution in [0.3, 0.4) is 0 Å². The van der Waals surface area contributed by atoms with Crippen LogP contribution in [0, 0.1) is 0 Å². The Bertz CT molecular complexity index is 467. The first-order valence-corrected chi connectivity index (χ1v) is 8.16. The highest BCUT2D eigenvalue weighted by molar-refractivity contribution is 7.86. The van der Waals surface area contributed by atoms with Crippen molar-refractivity contribution in [2.24, 2.45) is 0 Å². The fourth-order valence-electron chi connectivity index (χ4n) is 2.34. The molecule has 3 heteroatoms. The molecule has 2 rings (SSSR count). The molecule has 1 saturated heterocycles. The van der Waals surface area contributed by atoms with E-state index in [1.165, 1.54) is 0 Å². The molecule has 0 aliphatic carbocycles. The van der Waals surface area contributed by atoms with Gasteiger partial charge in [-0.1, -0.05) is 36.8 Å². The third-order valence-electron chi connectivity index (χ3n) is 3.71. The molecular formula is C16H22O2S. The summed E-state index contributed by atoms with van der Waals surface area (Å²) < 4.78 is 17.6. The van der Waals surface area contributed by atoms with E-state index >= 15 is 0 Å². The molecule has 2 unspecified atom stereocenters. The summed E-state index contributed by atoms with van der Waals surface area (Å²) in [6, 6.07) is 10.2. The van der Waals surface area contributed by atoms with Crippen LogP contribution in [0.15, 0.2) is 36.6 Å². The quantitative estimate of drug-likeness (QED) is 0.784. The fourth-order valence-corrected chi connectivity index (χ4v) is 3.87. The first kappa shape index (κ1) is 14.3. The van der Waals surface area contributed by atoms with E-state index in [0.29, 0.717) is 6.61 Å². The Hall–Kier alpha value is -1.09. The van der Waals surface area contributed by atoms with Crippen molar-refractivity contribution in [3.05, 3.63) is 42.2 Å². The molecule has 0 N–H and O–H groups in total. The minimum Gasteiger partial charge on any atom is -0.499 e. The Morgan fingerprint density at radius 1 is 1.37 bits per heavy atom. The Morgan fingerprint density at radius 3 is 2.79 bits per heavy atom. The molecule has 19 heavy (non-hydrogen) atoms. The Morgan fingerprint density at radius 2 is 2.11 bits per heavy atom. The summed E-state index contributed by atoms with van der Waals surface area (Å²) >= 11 is 0. The van der Waals surface area contributed by atoms with Gasteiger partial charge in [0, 0.05) is 16.6 Å². The third-order valence-corrected chi connectivity index (χ3v) is 5.79. The van der Waals surface area contributed by atoms with E-state index in [9.17, 15) is 4.21 Å². The predicted molar refractivity (Wildman–Crippen MR) is 81.3 cm³/mol. The lowest BCUT2D eigenvalue weighted by molar-refractivity contribution is 0.208. The second-order valence-electron chi connectivity index (χ2n) is 5.43. The molecule has 2 nitrogen and oxygen atoms in total. The molecule has 1 fully saturated rings. The maximum Gasteiger partial charge on any atom is 0.104 e. The van der Waals surface area contributed by atoms with E-state index in [4.69, 9.17) is 4.74 Å². The van der Waals surface area contributed by atoms with Crippen molar-refractivity contribution in [1.82, 2.24) is 0 Å². The lowest BCUT2D eigenvalue weighted by Crippen LogP contribution is -2.39. The predicted octanol–water partition coefficient (Wildman–Crippen LogP) is 3.76. The zero-order chi connectivity index (χ0) is 13.7. The normalized spacial score (nSPS) is 28.1. The summed E-state index contributed by atoms with van der Waals surface area (Å²) in [7, 11) is -0.757. The van der Waals surface area contributed by atoms with Crippen LogP contribution in [0.5, 0.6) is 0 Å². The van der Waals surface area contributed by atoms with Gasteiger partial charge in [-0.05, 0) is 37.8 Å². The Labute approximate surface area is 118 Å². The van der Waals surface area contributed by atoms with E-state index in [1.54, 1.807) is 6.26 Å². The van der Waals surface area contributed by atoms with Gasteiger partial charge in [-0.3, -0.25) is 4.21 Å². The molecule has 0 aromatic heterocycles. The highest BCUT2D eigenvalue weighted by atomic mass is 32.2. The molecule has 1 aromatic rings. The fraction of sp³-hybridized carbons (Fsp3) is 0.500. The average molecular weight is 278 g/mol. The number of rotatable bonds is 4. The van der Waals surface area contributed by atoms with Gasteiger partial charge in [-0.2, -0.15) is 0 Å².